The molecule has 1 atom stereocenters. The number of hydrogen-bond donors (Lipinski definition) is 3. The lowest BCUT2D eigenvalue weighted by molar-refractivity contribution is -0.00177. The van der Waals surface area contributed by atoms with Crippen LogP contribution in [0.4, 0.5) is 15.8 Å². The summed E-state index contributed by atoms with van der Waals surface area (Å²) in [5, 5.41) is 29.2. The van der Waals surface area contributed by atoms with Crippen molar-refractivity contribution in [1.29, 1.82) is 5.26 Å². The van der Waals surface area contributed by atoms with Crippen LogP contribution in [0.15, 0.2) is 70.9 Å². The lowest BCUT2D eigenvalue weighted by atomic mass is 10.0. The van der Waals surface area contributed by atoms with E-state index in [1.807, 2.05) is 36.4 Å². The molecule has 11 heteroatoms. The predicted molar refractivity (Wildman–Crippen MR) is 146 cm³/mol. The number of anilines is 2. The molecule has 1 aliphatic heterocycles. The molecule has 5 rings (SSSR count). The quantitative estimate of drug-likeness (QED) is 0.321. The van der Waals surface area contributed by atoms with Gasteiger partial charge in [-0.2, -0.15) is 10.4 Å². The lowest BCUT2D eigenvalue weighted by Gasteiger charge is -2.22. The van der Waals surface area contributed by atoms with Crippen molar-refractivity contribution in [3.05, 3.63) is 77.6 Å². The second kappa shape index (κ2) is 10.4. The number of aromatic nitrogens is 3. The third kappa shape index (κ3) is 5.51. The molecule has 39 heavy (non-hydrogen) atoms. The van der Waals surface area contributed by atoms with Crippen molar-refractivity contribution < 1.29 is 14.3 Å². The molecule has 0 fully saturated rings. The number of alkyl halides is 1. The van der Waals surface area contributed by atoms with E-state index in [2.05, 4.69) is 36.8 Å². The number of pyridine rings is 1. The first-order valence-corrected chi connectivity index (χ1v) is 12.2. The molecule has 0 unspecified atom stereocenters. The minimum absolute atomic E-state index is 0.191. The Morgan fingerprint density at radius 1 is 1.21 bits per heavy atom. The van der Waals surface area contributed by atoms with E-state index in [-0.39, 0.29) is 12.1 Å². The van der Waals surface area contributed by atoms with Crippen LogP contribution in [0, 0.1) is 11.3 Å². The number of rotatable bonds is 8. The Balaban J connectivity index is 1.48. The molecule has 4 heterocycles. The topological polar surface area (TPSA) is 140 Å². The summed E-state index contributed by atoms with van der Waals surface area (Å²) >= 11 is 0. The van der Waals surface area contributed by atoms with E-state index >= 15 is 0 Å². The Morgan fingerprint density at radius 2 is 2.00 bits per heavy atom. The van der Waals surface area contributed by atoms with E-state index in [0.29, 0.717) is 40.7 Å². The number of benzene rings is 1. The Hall–Kier alpha value is -4.95. The van der Waals surface area contributed by atoms with Crippen LogP contribution >= 0.6 is 0 Å². The second-order valence-electron chi connectivity index (χ2n) is 9.54. The SMILES string of the molecule is CC(C)(O)[C@H](F)CNC(=O)c1cnc(-c2ccc3cc(C#N)cnn23)cc1Nc1ccc(C2=NCC=N2)cc1. The van der Waals surface area contributed by atoms with Gasteiger partial charge in [-0.15, -0.1) is 0 Å². The summed E-state index contributed by atoms with van der Waals surface area (Å²) < 4.78 is 16.0. The average Bonchev–Trinajstić information content (AvgIpc) is 3.61. The highest BCUT2D eigenvalue weighted by molar-refractivity contribution is 6.06. The monoisotopic (exact) mass is 524 g/mol. The summed E-state index contributed by atoms with van der Waals surface area (Å²) in [6.45, 7) is 2.88. The molecular formula is C28H25FN8O2. The molecule has 4 aromatic rings. The number of amidine groups is 1. The fourth-order valence-electron chi connectivity index (χ4n) is 3.98. The molecule has 1 amide bonds. The zero-order chi connectivity index (χ0) is 27.6. The van der Waals surface area contributed by atoms with Gasteiger partial charge in [0.15, 0.2) is 5.84 Å². The van der Waals surface area contributed by atoms with Crippen LogP contribution in [-0.4, -0.2) is 62.5 Å². The van der Waals surface area contributed by atoms with Crippen LogP contribution in [-0.2, 0) is 0 Å². The fourth-order valence-corrected chi connectivity index (χ4v) is 3.98. The van der Waals surface area contributed by atoms with Gasteiger partial charge in [0.1, 0.15) is 12.2 Å². The Labute approximate surface area is 223 Å². The highest BCUT2D eigenvalue weighted by Gasteiger charge is 2.27. The Morgan fingerprint density at radius 3 is 2.69 bits per heavy atom. The van der Waals surface area contributed by atoms with Gasteiger partial charge in [0.05, 0.1) is 58.6 Å². The molecule has 0 saturated carbocycles. The first-order chi connectivity index (χ1) is 18.7. The molecule has 0 radical (unpaired) electrons. The summed E-state index contributed by atoms with van der Waals surface area (Å²) in [4.78, 5) is 26.1. The van der Waals surface area contributed by atoms with Crippen LogP contribution < -0.4 is 10.6 Å². The average molecular weight is 525 g/mol. The van der Waals surface area contributed by atoms with E-state index in [4.69, 9.17) is 0 Å². The van der Waals surface area contributed by atoms with Crippen molar-refractivity contribution in [2.24, 2.45) is 9.98 Å². The number of halogens is 1. The molecule has 1 aromatic carbocycles. The van der Waals surface area contributed by atoms with Crippen molar-refractivity contribution in [2.45, 2.75) is 25.6 Å². The van der Waals surface area contributed by atoms with Gasteiger partial charge in [-0.25, -0.2) is 13.9 Å². The normalized spacial score (nSPS) is 13.7. The Bertz CT molecular complexity index is 1650. The van der Waals surface area contributed by atoms with Gasteiger partial charge in [-0.1, -0.05) is 0 Å². The molecule has 0 aliphatic carbocycles. The van der Waals surface area contributed by atoms with E-state index < -0.39 is 17.7 Å². The largest absolute Gasteiger partial charge is 0.387 e. The zero-order valence-corrected chi connectivity index (χ0v) is 21.3. The minimum atomic E-state index is -1.66. The number of amides is 1. The maximum atomic E-state index is 14.3. The molecular weight excluding hydrogens is 499 g/mol. The highest BCUT2D eigenvalue weighted by Crippen LogP contribution is 2.28. The number of carbonyl (C=O) groups is 1. The zero-order valence-electron chi connectivity index (χ0n) is 21.3. The Kier molecular flexibility index (Phi) is 6.87. The van der Waals surface area contributed by atoms with Crippen LogP contribution in [0.1, 0.15) is 35.3 Å². The molecule has 3 N–H and O–H groups in total. The van der Waals surface area contributed by atoms with Gasteiger partial charge in [0.25, 0.3) is 5.91 Å². The third-order valence-corrected chi connectivity index (χ3v) is 6.21. The molecule has 0 saturated heterocycles. The smallest absolute Gasteiger partial charge is 0.255 e. The number of carbonyl (C=O) groups excluding carboxylic acids is 1. The van der Waals surface area contributed by atoms with Crippen molar-refractivity contribution >= 4 is 34.8 Å². The predicted octanol–water partition coefficient (Wildman–Crippen LogP) is 3.68. The first kappa shape index (κ1) is 25.7. The van der Waals surface area contributed by atoms with Crippen LogP contribution in [0.5, 0.6) is 0 Å². The third-order valence-electron chi connectivity index (χ3n) is 6.21. The fraction of sp³-hybridized carbons (Fsp3) is 0.214. The second-order valence-corrected chi connectivity index (χ2v) is 9.54. The van der Waals surface area contributed by atoms with Crippen molar-refractivity contribution in [3.8, 4) is 17.5 Å². The van der Waals surface area contributed by atoms with E-state index in [1.54, 1.807) is 22.9 Å². The number of hydrogen-bond acceptors (Lipinski definition) is 8. The molecule has 0 bridgehead atoms. The summed E-state index contributed by atoms with van der Waals surface area (Å²) in [6.07, 6.45) is 2.96. The molecule has 1 aliphatic rings. The summed E-state index contributed by atoms with van der Waals surface area (Å²) in [6, 6.07) is 16.6. The van der Waals surface area contributed by atoms with E-state index in [0.717, 1.165) is 11.1 Å². The van der Waals surface area contributed by atoms with E-state index in [1.165, 1.54) is 26.2 Å². The van der Waals surface area contributed by atoms with Gasteiger partial charge in [-0.05, 0) is 62.4 Å². The molecule has 10 nitrogen and oxygen atoms in total. The maximum absolute atomic E-state index is 14.3. The van der Waals surface area contributed by atoms with Crippen LogP contribution in [0.2, 0.25) is 0 Å². The van der Waals surface area contributed by atoms with Gasteiger partial charge >= 0.3 is 0 Å². The molecule has 3 aromatic heterocycles. The number of nitrogens with zero attached hydrogens (tertiary/aromatic N) is 6. The number of aliphatic hydroxyl groups is 1. The summed E-state index contributed by atoms with van der Waals surface area (Å²) in [7, 11) is 0. The van der Waals surface area contributed by atoms with Crippen LogP contribution in [0.25, 0.3) is 16.9 Å². The lowest BCUT2D eigenvalue weighted by Crippen LogP contribution is -2.42. The van der Waals surface area contributed by atoms with Gasteiger partial charge in [0.2, 0.25) is 0 Å². The van der Waals surface area contributed by atoms with Crippen molar-refractivity contribution in [1.82, 2.24) is 19.9 Å². The van der Waals surface area contributed by atoms with Gasteiger partial charge < -0.3 is 15.7 Å². The first-order valence-electron chi connectivity index (χ1n) is 12.2. The van der Waals surface area contributed by atoms with Crippen molar-refractivity contribution in [3.63, 3.8) is 0 Å². The molecule has 0 spiro atoms. The van der Waals surface area contributed by atoms with Crippen LogP contribution in [0.3, 0.4) is 0 Å². The maximum Gasteiger partial charge on any atom is 0.255 e. The van der Waals surface area contributed by atoms with E-state index in [9.17, 15) is 19.6 Å². The van der Waals surface area contributed by atoms with Gasteiger partial charge in [-0.3, -0.25) is 14.8 Å². The minimum Gasteiger partial charge on any atom is -0.387 e. The molecule has 196 valence electrons. The standard InChI is InChI=1S/C28H25FN8O2/c1-28(2,39)25(29)16-34-27(38)21-15-33-23(24-8-7-20-11-17(13-30)14-35-37(20)24)12-22(21)36-19-5-3-18(4-6-19)26-31-9-10-32-26/h3-9,11-12,14-15,25,39H,10,16H2,1-2H3,(H,33,36)(H,34,38)/t25-/m1/s1. The number of fused-ring (bicyclic) bond motifs is 1. The number of nitrogens with one attached hydrogen (secondary N) is 2. The number of aliphatic imine (C=N–C) groups is 2. The number of nitriles is 1. The summed E-state index contributed by atoms with van der Waals surface area (Å²) in [5.41, 5.74) is 2.93. The van der Waals surface area contributed by atoms with Gasteiger partial charge in [0, 0.05) is 23.7 Å². The summed E-state index contributed by atoms with van der Waals surface area (Å²) in [5.74, 6) is 0.110. The van der Waals surface area contributed by atoms with Crippen molar-refractivity contribution in [2.75, 3.05) is 18.4 Å². The highest BCUT2D eigenvalue weighted by atomic mass is 19.1.